The van der Waals surface area contributed by atoms with Gasteiger partial charge in [-0.3, -0.25) is 0 Å². The zero-order valence-electron chi connectivity index (χ0n) is 11.0. The average molecular weight is 242 g/mol. The summed E-state index contributed by atoms with van der Waals surface area (Å²) in [6.07, 6.45) is 12.0. The first-order valence-electron chi connectivity index (χ1n) is 7.21. The number of hydrogen-bond donors (Lipinski definition) is 0. The third-order valence-corrected chi connectivity index (χ3v) is 3.55. The van der Waals surface area contributed by atoms with Gasteiger partial charge in [0, 0.05) is 0 Å². The van der Waals surface area contributed by atoms with E-state index in [0.29, 0.717) is 13.0 Å². The zero-order chi connectivity index (χ0) is 12.3. The highest BCUT2D eigenvalue weighted by atomic mass is 19.1. The summed E-state index contributed by atoms with van der Waals surface area (Å²) in [4.78, 5) is 0. The largest absolute Gasteiger partial charge is 0.371 e. The quantitative estimate of drug-likeness (QED) is 0.645. The van der Waals surface area contributed by atoms with Gasteiger partial charge in [-0.15, -0.1) is 6.58 Å². The van der Waals surface area contributed by atoms with Crippen molar-refractivity contribution in [3.63, 3.8) is 0 Å². The lowest BCUT2D eigenvalue weighted by Gasteiger charge is -2.21. The standard InChI is InChI=1S/C15H27FO/c1-2-13-17-15-12-10-8-6-4-3-5-7-9-11-14(15)16/h2,14-15H,1,3-13H2/t14-,15+/m0/s1. The van der Waals surface area contributed by atoms with Crippen molar-refractivity contribution in [2.75, 3.05) is 6.61 Å². The molecular formula is C15H27FO. The Morgan fingerprint density at radius 3 is 2.06 bits per heavy atom. The molecule has 1 rings (SSSR count). The first kappa shape index (κ1) is 14.7. The molecule has 0 N–H and O–H groups in total. The van der Waals surface area contributed by atoms with E-state index in [1.807, 2.05) is 0 Å². The van der Waals surface area contributed by atoms with Crippen molar-refractivity contribution in [3.8, 4) is 0 Å². The van der Waals surface area contributed by atoms with Crippen LogP contribution in [0.5, 0.6) is 0 Å². The Morgan fingerprint density at radius 1 is 0.941 bits per heavy atom. The number of hydrogen-bond acceptors (Lipinski definition) is 1. The summed E-state index contributed by atoms with van der Waals surface area (Å²) in [5.41, 5.74) is 0. The Balaban J connectivity index is 2.36. The van der Waals surface area contributed by atoms with Crippen LogP contribution >= 0.6 is 0 Å². The van der Waals surface area contributed by atoms with Gasteiger partial charge in [-0.05, 0) is 12.8 Å². The van der Waals surface area contributed by atoms with Crippen molar-refractivity contribution in [2.24, 2.45) is 0 Å². The fourth-order valence-electron chi connectivity index (χ4n) is 2.49. The molecule has 0 aliphatic heterocycles. The smallest absolute Gasteiger partial charge is 0.126 e. The van der Waals surface area contributed by atoms with Crippen molar-refractivity contribution in [3.05, 3.63) is 12.7 Å². The minimum Gasteiger partial charge on any atom is -0.371 e. The minimum absolute atomic E-state index is 0.201. The minimum atomic E-state index is -0.783. The van der Waals surface area contributed by atoms with Crippen LogP contribution in [-0.2, 0) is 4.74 Å². The predicted molar refractivity (Wildman–Crippen MR) is 71.0 cm³/mol. The van der Waals surface area contributed by atoms with Crippen molar-refractivity contribution < 1.29 is 9.13 Å². The highest BCUT2D eigenvalue weighted by Gasteiger charge is 2.20. The third-order valence-electron chi connectivity index (χ3n) is 3.55. The summed E-state index contributed by atoms with van der Waals surface area (Å²) >= 11 is 0. The van der Waals surface area contributed by atoms with Gasteiger partial charge >= 0.3 is 0 Å². The van der Waals surface area contributed by atoms with Gasteiger partial charge in [-0.1, -0.05) is 57.4 Å². The number of ether oxygens (including phenoxy) is 1. The van der Waals surface area contributed by atoms with Crippen molar-refractivity contribution in [2.45, 2.75) is 76.5 Å². The summed E-state index contributed by atoms with van der Waals surface area (Å²) in [7, 11) is 0. The molecule has 1 aliphatic carbocycles. The number of halogens is 1. The van der Waals surface area contributed by atoms with Crippen molar-refractivity contribution >= 4 is 0 Å². The van der Waals surface area contributed by atoms with E-state index < -0.39 is 6.17 Å². The molecule has 0 aromatic carbocycles. The van der Waals surface area contributed by atoms with Crippen LogP contribution in [0.4, 0.5) is 4.39 Å². The van der Waals surface area contributed by atoms with E-state index in [2.05, 4.69) is 6.58 Å². The van der Waals surface area contributed by atoms with E-state index in [1.165, 1.54) is 38.5 Å². The van der Waals surface area contributed by atoms with Crippen LogP contribution in [0.2, 0.25) is 0 Å². The molecule has 0 heterocycles. The second kappa shape index (κ2) is 9.64. The van der Waals surface area contributed by atoms with E-state index in [-0.39, 0.29) is 6.10 Å². The zero-order valence-corrected chi connectivity index (χ0v) is 11.0. The van der Waals surface area contributed by atoms with Crippen LogP contribution in [-0.4, -0.2) is 18.9 Å². The Morgan fingerprint density at radius 2 is 1.47 bits per heavy atom. The van der Waals surface area contributed by atoms with Crippen molar-refractivity contribution in [1.82, 2.24) is 0 Å². The number of alkyl halides is 1. The Kier molecular flexibility index (Phi) is 8.33. The lowest BCUT2D eigenvalue weighted by Crippen LogP contribution is -2.26. The molecule has 1 saturated carbocycles. The molecule has 1 fully saturated rings. The maximum absolute atomic E-state index is 14.0. The summed E-state index contributed by atoms with van der Waals surface area (Å²) in [6.45, 7) is 4.10. The van der Waals surface area contributed by atoms with Gasteiger partial charge in [-0.25, -0.2) is 4.39 Å². The van der Waals surface area contributed by atoms with Gasteiger partial charge in [0.25, 0.3) is 0 Å². The molecule has 0 saturated heterocycles. The van der Waals surface area contributed by atoms with Crippen LogP contribution < -0.4 is 0 Å². The highest BCUT2D eigenvalue weighted by molar-refractivity contribution is 4.74. The van der Waals surface area contributed by atoms with E-state index in [0.717, 1.165) is 19.3 Å². The molecule has 2 atom stereocenters. The van der Waals surface area contributed by atoms with Crippen LogP contribution in [0.25, 0.3) is 0 Å². The lowest BCUT2D eigenvalue weighted by molar-refractivity contribution is 0.00157. The maximum Gasteiger partial charge on any atom is 0.126 e. The van der Waals surface area contributed by atoms with Crippen LogP contribution in [0.15, 0.2) is 12.7 Å². The average Bonchev–Trinajstić information content (AvgIpc) is 2.33. The molecule has 1 aliphatic rings. The molecule has 0 spiro atoms. The van der Waals surface area contributed by atoms with Gasteiger partial charge in [0.05, 0.1) is 12.7 Å². The Labute approximate surface area is 105 Å². The fourth-order valence-corrected chi connectivity index (χ4v) is 2.49. The van der Waals surface area contributed by atoms with E-state index in [1.54, 1.807) is 6.08 Å². The summed E-state index contributed by atoms with van der Waals surface area (Å²) < 4.78 is 19.6. The monoisotopic (exact) mass is 242 g/mol. The second-order valence-corrected chi connectivity index (χ2v) is 5.08. The van der Waals surface area contributed by atoms with Crippen molar-refractivity contribution in [1.29, 1.82) is 0 Å². The Hall–Kier alpha value is -0.370. The Bertz CT molecular complexity index is 193. The van der Waals surface area contributed by atoms with E-state index in [4.69, 9.17) is 4.74 Å². The molecule has 0 unspecified atom stereocenters. The van der Waals surface area contributed by atoms with Crippen LogP contribution in [0.1, 0.15) is 64.2 Å². The van der Waals surface area contributed by atoms with Gasteiger partial charge in [0.1, 0.15) is 6.17 Å². The molecule has 0 aromatic rings. The van der Waals surface area contributed by atoms with E-state index >= 15 is 0 Å². The molecule has 0 amide bonds. The van der Waals surface area contributed by atoms with Gasteiger partial charge < -0.3 is 4.74 Å². The maximum atomic E-state index is 14.0. The first-order valence-corrected chi connectivity index (χ1v) is 7.21. The number of rotatable bonds is 3. The summed E-state index contributed by atoms with van der Waals surface area (Å²) in [6, 6.07) is 0. The van der Waals surface area contributed by atoms with Gasteiger partial charge in [0.15, 0.2) is 0 Å². The molecule has 2 heteroatoms. The van der Waals surface area contributed by atoms with Gasteiger partial charge in [0.2, 0.25) is 0 Å². The predicted octanol–water partition coefficient (Wildman–Crippen LogP) is 4.81. The fraction of sp³-hybridized carbons (Fsp3) is 0.867. The molecule has 0 radical (unpaired) electrons. The van der Waals surface area contributed by atoms with Crippen LogP contribution in [0.3, 0.4) is 0 Å². The first-order chi connectivity index (χ1) is 8.34. The molecule has 0 bridgehead atoms. The summed E-state index contributed by atoms with van der Waals surface area (Å²) in [5, 5.41) is 0. The normalized spacial score (nSPS) is 29.0. The van der Waals surface area contributed by atoms with E-state index in [9.17, 15) is 4.39 Å². The van der Waals surface area contributed by atoms with Crippen LogP contribution in [0, 0.1) is 0 Å². The molecular weight excluding hydrogens is 215 g/mol. The second-order valence-electron chi connectivity index (χ2n) is 5.08. The highest BCUT2D eigenvalue weighted by Crippen LogP contribution is 2.21. The lowest BCUT2D eigenvalue weighted by atomic mass is 9.98. The SMILES string of the molecule is C=CCO[C@@H]1CCCCCCCCCC[C@@H]1F. The summed E-state index contributed by atoms with van der Waals surface area (Å²) in [5.74, 6) is 0. The molecule has 1 nitrogen and oxygen atoms in total. The molecule has 100 valence electrons. The topological polar surface area (TPSA) is 9.23 Å². The third kappa shape index (κ3) is 6.82. The van der Waals surface area contributed by atoms with Gasteiger partial charge in [-0.2, -0.15) is 0 Å². The molecule has 17 heavy (non-hydrogen) atoms. The molecule has 0 aromatic heterocycles.